The molecule has 0 fully saturated rings. The van der Waals surface area contributed by atoms with E-state index in [4.69, 9.17) is 13.8 Å². The lowest BCUT2D eigenvalue weighted by Gasteiger charge is -2.23. The van der Waals surface area contributed by atoms with E-state index in [0.717, 1.165) is 11.3 Å². The zero-order valence-corrected chi connectivity index (χ0v) is 15.1. The van der Waals surface area contributed by atoms with Gasteiger partial charge in [0.05, 0.1) is 19.3 Å². The predicted octanol–water partition coefficient (Wildman–Crippen LogP) is 3.45. The lowest BCUT2D eigenvalue weighted by molar-refractivity contribution is 0.136. The SMILES string of the molecule is COc1ccc(CNC(=O)NP(=O)(OC(C)C)OC(C)C)cc1. The molecule has 1 aromatic carbocycles. The van der Waals surface area contributed by atoms with E-state index in [0.29, 0.717) is 0 Å². The normalized spacial score (nSPS) is 11.6. The van der Waals surface area contributed by atoms with Gasteiger partial charge in [0.15, 0.2) is 0 Å². The molecule has 2 amide bonds. The molecule has 1 rings (SSSR count). The van der Waals surface area contributed by atoms with Gasteiger partial charge < -0.3 is 10.1 Å². The van der Waals surface area contributed by atoms with Gasteiger partial charge in [-0.25, -0.2) is 14.4 Å². The number of carbonyl (C=O) groups excluding carboxylic acids is 1. The van der Waals surface area contributed by atoms with Crippen LogP contribution in [0.5, 0.6) is 5.75 Å². The number of methoxy groups -OCH3 is 1. The van der Waals surface area contributed by atoms with Crippen LogP contribution in [0, 0.1) is 0 Å². The second-order valence-electron chi connectivity index (χ2n) is 5.45. The Morgan fingerprint density at radius 3 is 2.04 bits per heavy atom. The second kappa shape index (κ2) is 8.91. The fourth-order valence-electron chi connectivity index (χ4n) is 1.72. The molecule has 0 spiro atoms. The Balaban J connectivity index is 2.59. The standard InChI is InChI=1S/C15H25N2O5P/c1-11(2)21-23(19,22-12(3)4)17-15(18)16-10-13-6-8-14(20-5)9-7-13/h6-9,11-12H,10H2,1-5H3,(H2,16,17,18,19). The number of hydrogen-bond acceptors (Lipinski definition) is 5. The van der Waals surface area contributed by atoms with Crippen molar-refractivity contribution in [3.05, 3.63) is 29.8 Å². The minimum atomic E-state index is -3.70. The maximum atomic E-state index is 12.5. The minimum Gasteiger partial charge on any atom is -0.497 e. The molecule has 8 heteroatoms. The molecule has 1 aromatic rings. The summed E-state index contributed by atoms with van der Waals surface area (Å²) in [4.78, 5) is 11.9. The van der Waals surface area contributed by atoms with Crippen molar-refractivity contribution < 1.29 is 23.1 Å². The van der Waals surface area contributed by atoms with Crippen LogP contribution in [0.1, 0.15) is 33.3 Å². The van der Waals surface area contributed by atoms with Crippen LogP contribution >= 0.6 is 7.75 Å². The van der Waals surface area contributed by atoms with Crippen LogP contribution in [0.2, 0.25) is 0 Å². The summed E-state index contributed by atoms with van der Waals surface area (Å²) in [6, 6.07) is 6.63. The van der Waals surface area contributed by atoms with Crippen molar-refractivity contribution >= 4 is 13.8 Å². The molecular formula is C15H25N2O5P. The van der Waals surface area contributed by atoms with Crippen molar-refractivity contribution in [1.29, 1.82) is 0 Å². The zero-order chi connectivity index (χ0) is 17.5. The van der Waals surface area contributed by atoms with E-state index in [1.54, 1.807) is 46.9 Å². The third-order valence-corrected chi connectivity index (χ3v) is 4.43. The van der Waals surface area contributed by atoms with E-state index < -0.39 is 13.8 Å². The topological polar surface area (TPSA) is 85.9 Å². The highest BCUT2D eigenvalue weighted by Crippen LogP contribution is 2.46. The van der Waals surface area contributed by atoms with Gasteiger partial charge in [0.1, 0.15) is 5.75 Å². The predicted molar refractivity (Wildman–Crippen MR) is 88.4 cm³/mol. The molecule has 130 valence electrons. The van der Waals surface area contributed by atoms with Crippen molar-refractivity contribution in [2.75, 3.05) is 7.11 Å². The number of benzene rings is 1. The Morgan fingerprint density at radius 2 is 1.61 bits per heavy atom. The maximum Gasteiger partial charge on any atom is 0.436 e. The summed E-state index contributed by atoms with van der Waals surface area (Å²) in [6.07, 6.45) is -0.692. The number of ether oxygens (including phenoxy) is 1. The summed E-state index contributed by atoms with van der Waals surface area (Å²) in [5, 5.41) is 4.90. The summed E-state index contributed by atoms with van der Waals surface area (Å²) in [5.74, 6) is 0.735. The number of carbonyl (C=O) groups is 1. The first-order chi connectivity index (χ1) is 10.7. The monoisotopic (exact) mass is 344 g/mol. The molecule has 0 aromatic heterocycles. The van der Waals surface area contributed by atoms with Gasteiger partial charge in [-0.3, -0.25) is 9.05 Å². The largest absolute Gasteiger partial charge is 0.497 e. The van der Waals surface area contributed by atoms with E-state index in [-0.39, 0.29) is 18.8 Å². The Kier molecular flexibility index (Phi) is 7.55. The maximum absolute atomic E-state index is 12.5. The van der Waals surface area contributed by atoms with Gasteiger partial charge in [0.2, 0.25) is 0 Å². The quantitative estimate of drug-likeness (QED) is 0.706. The highest BCUT2D eigenvalue weighted by molar-refractivity contribution is 7.52. The van der Waals surface area contributed by atoms with E-state index in [1.807, 2.05) is 12.1 Å². The summed E-state index contributed by atoms with van der Waals surface area (Å²) >= 11 is 0. The van der Waals surface area contributed by atoms with Crippen molar-refractivity contribution in [1.82, 2.24) is 10.4 Å². The average Bonchev–Trinajstić information content (AvgIpc) is 2.43. The third-order valence-electron chi connectivity index (χ3n) is 2.55. The van der Waals surface area contributed by atoms with Crippen LogP contribution in [0.3, 0.4) is 0 Å². The van der Waals surface area contributed by atoms with E-state index in [1.165, 1.54) is 0 Å². The van der Waals surface area contributed by atoms with Crippen LogP contribution in [0.25, 0.3) is 0 Å². The molecule has 0 bridgehead atoms. The second-order valence-corrected chi connectivity index (χ2v) is 7.09. The fourth-order valence-corrected chi connectivity index (χ4v) is 3.32. The first-order valence-electron chi connectivity index (χ1n) is 7.40. The van der Waals surface area contributed by atoms with Crippen molar-refractivity contribution in [3.8, 4) is 5.75 Å². The van der Waals surface area contributed by atoms with E-state index in [9.17, 15) is 9.36 Å². The highest BCUT2D eigenvalue weighted by Gasteiger charge is 2.30. The molecule has 0 heterocycles. The Bertz CT molecular complexity index is 531. The fraction of sp³-hybridized carbons (Fsp3) is 0.533. The van der Waals surface area contributed by atoms with Crippen LogP contribution in [0.4, 0.5) is 4.79 Å². The average molecular weight is 344 g/mol. The summed E-state index contributed by atoms with van der Waals surface area (Å²) in [7, 11) is -2.12. The summed E-state index contributed by atoms with van der Waals surface area (Å²) < 4.78 is 28.1. The highest BCUT2D eigenvalue weighted by atomic mass is 31.2. The van der Waals surface area contributed by atoms with Gasteiger partial charge in [-0.15, -0.1) is 0 Å². The Hall–Kier alpha value is -1.56. The van der Waals surface area contributed by atoms with E-state index in [2.05, 4.69) is 10.4 Å². The molecule has 0 aliphatic heterocycles. The molecule has 0 unspecified atom stereocenters. The van der Waals surface area contributed by atoms with Crippen LogP contribution in [-0.4, -0.2) is 25.3 Å². The first kappa shape index (κ1) is 19.5. The number of hydrogen-bond donors (Lipinski definition) is 2. The third kappa shape index (κ3) is 7.50. The minimum absolute atomic E-state index is 0.277. The van der Waals surface area contributed by atoms with E-state index >= 15 is 0 Å². The Morgan fingerprint density at radius 1 is 1.09 bits per heavy atom. The van der Waals surface area contributed by atoms with Gasteiger partial charge in [0.25, 0.3) is 0 Å². The Labute approximate surface area is 137 Å². The number of nitrogens with one attached hydrogen (secondary N) is 2. The van der Waals surface area contributed by atoms with Crippen molar-refractivity contribution in [2.45, 2.75) is 46.4 Å². The zero-order valence-electron chi connectivity index (χ0n) is 14.2. The van der Waals surface area contributed by atoms with Crippen LogP contribution in [-0.2, 0) is 20.2 Å². The summed E-state index contributed by atoms with van der Waals surface area (Å²) in [6.45, 7) is 7.14. The molecule has 0 saturated carbocycles. The summed E-state index contributed by atoms with van der Waals surface area (Å²) in [5.41, 5.74) is 0.880. The number of rotatable bonds is 8. The molecular weight excluding hydrogens is 319 g/mol. The molecule has 0 atom stereocenters. The molecule has 23 heavy (non-hydrogen) atoms. The van der Waals surface area contributed by atoms with Gasteiger partial charge in [-0.2, -0.15) is 0 Å². The van der Waals surface area contributed by atoms with Gasteiger partial charge in [-0.1, -0.05) is 12.1 Å². The molecule has 0 aliphatic carbocycles. The van der Waals surface area contributed by atoms with Crippen LogP contribution in [0.15, 0.2) is 24.3 Å². The van der Waals surface area contributed by atoms with Gasteiger partial charge >= 0.3 is 13.8 Å². The van der Waals surface area contributed by atoms with Crippen molar-refractivity contribution in [3.63, 3.8) is 0 Å². The van der Waals surface area contributed by atoms with Crippen molar-refractivity contribution in [2.24, 2.45) is 0 Å². The van der Waals surface area contributed by atoms with Crippen LogP contribution < -0.4 is 15.1 Å². The molecule has 2 N–H and O–H groups in total. The molecule has 7 nitrogen and oxygen atoms in total. The molecule has 0 radical (unpaired) electrons. The molecule has 0 saturated heterocycles. The number of amides is 2. The first-order valence-corrected chi connectivity index (χ1v) is 8.94. The lowest BCUT2D eigenvalue weighted by Crippen LogP contribution is -2.35. The lowest BCUT2D eigenvalue weighted by atomic mass is 10.2. The smallest absolute Gasteiger partial charge is 0.436 e. The van der Waals surface area contributed by atoms with Gasteiger partial charge in [-0.05, 0) is 45.4 Å². The van der Waals surface area contributed by atoms with Gasteiger partial charge in [0, 0.05) is 6.54 Å². The number of urea groups is 1. The molecule has 0 aliphatic rings.